The Kier molecular flexibility index (Phi) is 11.7. The van der Waals surface area contributed by atoms with Crippen LogP contribution in [0.25, 0.3) is 0 Å². The molecule has 0 atom stereocenters. The highest BCUT2D eigenvalue weighted by molar-refractivity contribution is 7.86. The summed E-state index contributed by atoms with van der Waals surface area (Å²) >= 11 is 0. The van der Waals surface area contributed by atoms with E-state index in [1.165, 1.54) is 25.0 Å². The first-order valence-corrected chi connectivity index (χ1v) is 9.75. The fourth-order valence-electron chi connectivity index (χ4n) is 1.85. The molecule has 24 heavy (non-hydrogen) atoms. The molecule has 1 rings (SSSR count). The van der Waals surface area contributed by atoms with Gasteiger partial charge in [-0.25, -0.2) is 0 Å². The molecule has 0 aliphatic carbocycles. The fourth-order valence-corrected chi connectivity index (χ4v) is 2.77. The molecule has 7 heteroatoms. The van der Waals surface area contributed by atoms with E-state index in [1.54, 1.807) is 18.2 Å². The Labute approximate surface area is 145 Å². The van der Waals surface area contributed by atoms with Crippen LogP contribution in [0.15, 0.2) is 35.2 Å². The van der Waals surface area contributed by atoms with E-state index in [9.17, 15) is 8.42 Å². The highest BCUT2D eigenvalue weighted by Crippen LogP contribution is 2.10. The van der Waals surface area contributed by atoms with Gasteiger partial charge in [-0.15, -0.1) is 0 Å². The van der Waals surface area contributed by atoms with Gasteiger partial charge in [0.1, 0.15) is 0 Å². The summed E-state index contributed by atoms with van der Waals surface area (Å²) in [6.45, 7) is 5.08. The Bertz CT molecular complexity index is 503. The monoisotopic (exact) mass is 360 g/mol. The van der Waals surface area contributed by atoms with E-state index in [2.05, 4.69) is 6.92 Å². The lowest BCUT2D eigenvalue weighted by Gasteiger charge is -2.07. The molecule has 0 fully saturated rings. The maximum atomic E-state index is 11.8. The van der Waals surface area contributed by atoms with Crippen LogP contribution in [0.2, 0.25) is 0 Å². The van der Waals surface area contributed by atoms with Gasteiger partial charge in [-0.05, 0) is 18.6 Å². The minimum atomic E-state index is -3.70. The summed E-state index contributed by atoms with van der Waals surface area (Å²) in [5, 5.41) is 0. The molecule has 1 aromatic carbocycles. The number of hydrogen-bond acceptors (Lipinski definition) is 6. The predicted octanol–water partition coefficient (Wildman–Crippen LogP) is 2.63. The zero-order valence-corrected chi connectivity index (χ0v) is 15.1. The van der Waals surface area contributed by atoms with E-state index in [0.717, 1.165) is 13.0 Å². The summed E-state index contributed by atoms with van der Waals surface area (Å²) in [6, 6.07) is 8.04. The van der Waals surface area contributed by atoms with Crippen molar-refractivity contribution < 1.29 is 26.8 Å². The molecule has 0 radical (unpaired) electrons. The number of ether oxygens (including phenoxy) is 3. The quantitative estimate of drug-likeness (QED) is 0.354. The maximum absolute atomic E-state index is 11.8. The van der Waals surface area contributed by atoms with Crippen LogP contribution < -0.4 is 0 Å². The summed E-state index contributed by atoms with van der Waals surface area (Å²) in [5.74, 6) is 0. The molecular weight excluding hydrogens is 332 g/mol. The number of hydrogen-bond donors (Lipinski definition) is 0. The van der Waals surface area contributed by atoms with Crippen LogP contribution in [0.1, 0.15) is 26.2 Å². The lowest BCUT2D eigenvalue weighted by Crippen LogP contribution is -2.14. The fraction of sp³-hybridized carbons (Fsp3) is 0.647. The molecule has 0 unspecified atom stereocenters. The molecule has 0 bridgehead atoms. The average molecular weight is 360 g/mol. The van der Waals surface area contributed by atoms with Crippen molar-refractivity contribution in [2.45, 2.75) is 31.1 Å². The Morgan fingerprint density at radius 1 is 0.750 bits per heavy atom. The summed E-state index contributed by atoms with van der Waals surface area (Å²) in [4.78, 5) is 0.146. The van der Waals surface area contributed by atoms with Crippen LogP contribution in [0.4, 0.5) is 0 Å². The third-order valence-corrected chi connectivity index (χ3v) is 4.46. The van der Waals surface area contributed by atoms with Gasteiger partial charge in [0, 0.05) is 6.61 Å². The minimum absolute atomic E-state index is 0.0161. The van der Waals surface area contributed by atoms with Gasteiger partial charge in [0.2, 0.25) is 0 Å². The average Bonchev–Trinajstić information content (AvgIpc) is 2.60. The van der Waals surface area contributed by atoms with E-state index in [1.807, 2.05) is 0 Å². The Balaban J connectivity index is 1.92. The van der Waals surface area contributed by atoms with Gasteiger partial charge in [-0.3, -0.25) is 4.18 Å². The first-order valence-electron chi connectivity index (χ1n) is 8.34. The SMILES string of the molecule is CCCCCOCCOCCOCCOS(=O)(=O)c1ccccc1. The van der Waals surface area contributed by atoms with Gasteiger partial charge in [0.15, 0.2) is 0 Å². The van der Waals surface area contributed by atoms with Crippen molar-refractivity contribution in [1.82, 2.24) is 0 Å². The molecule has 0 spiro atoms. The summed E-state index contributed by atoms with van der Waals surface area (Å²) < 4.78 is 44.6. The van der Waals surface area contributed by atoms with E-state index in [4.69, 9.17) is 18.4 Å². The second kappa shape index (κ2) is 13.3. The normalized spacial score (nSPS) is 11.7. The topological polar surface area (TPSA) is 71.1 Å². The largest absolute Gasteiger partial charge is 0.379 e. The highest BCUT2D eigenvalue weighted by atomic mass is 32.2. The van der Waals surface area contributed by atoms with Crippen LogP contribution in [-0.4, -0.2) is 54.7 Å². The zero-order chi connectivity index (χ0) is 17.5. The van der Waals surface area contributed by atoms with Gasteiger partial charge in [0.05, 0.1) is 44.5 Å². The van der Waals surface area contributed by atoms with Crippen molar-refractivity contribution in [1.29, 1.82) is 0 Å². The van der Waals surface area contributed by atoms with E-state index < -0.39 is 10.1 Å². The Hall–Kier alpha value is -0.990. The maximum Gasteiger partial charge on any atom is 0.297 e. The Morgan fingerprint density at radius 2 is 1.29 bits per heavy atom. The zero-order valence-electron chi connectivity index (χ0n) is 14.3. The van der Waals surface area contributed by atoms with Crippen LogP contribution in [0.3, 0.4) is 0 Å². The number of benzene rings is 1. The summed E-state index contributed by atoms with van der Waals surface area (Å²) in [7, 11) is -3.70. The molecule has 0 saturated carbocycles. The van der Waals surface area contributed by atoms with Crippen molar-refractivity contribution >= 4 is 10.1 Å². The van der Waals surface area contributed by atoms with Gasteiger partial charge in [0.25, 0.3) is 10.1 Å². The van der Waals surface area contributed by atoms with Gasteiger partial charge >= 0.3 is 0 Å². The summed E-state index contributed by atoms with van der Waals surface area (Å²) in [5.41, 5.74) is 0. The summed E-state index contributed by atoms with van der Waals surface area (Å²) in [6.07, 6.45) is 3.47. The minimum Gasteiger partial charge on any atom is -0.379 e. The van der Waals surface area contributed by atoms with Crippen LogP contribution in [-0.2, 0) is 28.5 Å². The molecule has 0 heterocycles. The highest BCUT2D eigenvalue weighted by Gasteiger charge is 2.13. The van der Waals surface area contributed by atoms with Crippen molar-refractivity contribution in [2.75, 3.05) is 46.2 Å². The predicted molar refractivity (Wildman–Crippen MR) is 91.6 cm³/mol. The molecule has 0 N–H and O–H groups in total. The van der Waals surface area contributed by atoms with Crippen LogP contribution >= 0.6 is 0 Å². The van der Waals surface area contributed by atoms with Gasteiger partial charge in [-0.1, -0.05) is 38.0 Å². The first-order chi connectivity index (χ1) is 11.7. The molecule has 0 saturated heterocycles. The van der Waals surface area contributed by atoms with Gasteiger partial charge < -0.3 is 14.2 Å². The molecule has 0 aromatic heterocycles. The smallest absolute Gasteiger partial charge is 0.297 e. The number of rotatable bonds is 15. The third kappa shape index (κ3) is 10.00. The van der Waals surface area contributed by atoms with Crippen molar-refractivity contribution in [3.05, 3.63) is 30.3 Å². The molecule has 1 aromatic rings. The molecule has 6 nitrogen and oxygen atoms in total. The lowest BCUT2D eigenvalue weighted by atomic mass is 10.3. The van der Waals surface area contributed by atoms with E-state index in [0.29, 0.717) is 26.4 Å². The third-order valence-electron chi connectivity index (χ3n) is 3.13. The Morgan fingerprint density at radius 3 is 1.88 bits per heavy atom. The van der Waals surface area contributed by atoms with Crippen molar-refractivity contribution in [3.63, 3.8) is 0 Å². The van der Waals surface area contributed by atoms with Crippen LogP contribution in [0.5, 0.6) is 0 Å². The second-order valence-corrected chi connectivity index (χ2v) is 6.75. The first kappa shape index (κ1) is 21.1. The molecule has 0 aliphatic rings. The van der Waals surface area contributed by atoms with Gasteiger partial charge in [-0.2, -0.15) is 8.42 Å². The molecule has 0 amide bonds. The second-order valence-electron chi connectivity index (χ2n) is 5.13. The van der Waals surface area contributed by atoms with Crippen molar-refractivity contribution in [3.8, 4) is 0 Å². The molecule has 138 valence electrons. The van der Waals surface area contributed by atoms with E-state index >= 15 is 0 Å². The molecule has 0 aliphatic heterocycles. The van der Waals surface area contributed by atoms with Crippen LogP contribution in [0, 0.1) is 0 Å². The standard InChI is InChI=1S/C17H28O6S/c1-2-3-7-10-20-11-12-21-13-14-22-15-16-23-24(18,19)17-8-5-4-6-9-17/h4-6,8-9H,2-3,7,10-16H2,1H3. The van der Waals surface area contributed by atoms with Crippen molar-refractivity contribution in [2.24, 2.45) is 0 Å². The number of unbranched alkanes of at least 4 members (excludes halogenated alkanes) is 2. The molecular formula is C17H28O6S. The lowest BCUT2D eigenvalue weighted by molar-refractivity contribution is 0.00916. The van der Waals surface area contributed by atoms with E-state index in [-0.39, 0.29) is 18.1 Å².